The third-order valence-corrected chi connectivity index (χ3v) is 4.67. The van der Waals surface area contributed by atoms with Gasteiger partial charge in [-0.05, 0) is 6.92 Å². The molecule has 0 aromatic rings. The lowest BCUT2D eigenvalue weighted by Gasteiger charge is -2.24. The summed E-state index contributed by atoms with van der Waals surface area (Å²) in [5, 5.41) is 5.88. The fourth-order valence-electron chi connectivity index (χ4n) is 1.85. The molecule has 2 atom stereocenters. The summed E-state index contributed by atoms with van der Waals surface area (Å²) in [4.78, 5) is 11.7. The first-order valence-corrected chi connectivity index (χ1v) is 8.06. The maximum absolute atomic E-state index is 11.7. The average Bonchev–Trinajstić information content (AvgIpc) is 2.29. The Kier molecular flexibility index (Phi) is 8.56. The van der Waals surface area contributed by atoms with Crippen LogP contribution in [-0.4, -0.2) is 57.7 Å². The largest absolute Gasteiger partial charge is 0.378 e. The van der Waals surface area contributed by atoms with E-state index in [9.17, 15) is 13.2 Å². The Morgan fingerprint density at radius 1 is 1.53 bits per heavy atom. The minimum atomic E-state index is -3.05. The zero-order valence-corrected chi connectivity index (χ0v) is 13.0. The molecule has 0 saturated carbocycles. The van der Waals surface area contributed by atoms with Gasteiger partial charge >= 0.3 is 0 Å². The van der Waals surface area contributed by atoms with Crippen LogP contribution in [0.3, 0.4) is 0 Å². The lowest BCUT2D eigenvalue weighted by molar-refractivity contribution is -0.122. The maximum atomic E-state index is 11.7. The van der Waals surface area contributed by atoms with E-state index in [0.29, 0.717) is 19.6 Å². The van der Waals surface area contributed by atoms with Gasteiger partial charge in [0.05, 0.1) is 19.0 Å². The van der Waals surface area contributed by atoms with Crippen molar-refractivity contribution in [2.75, 3.05) is 31.3 Å². The molecule has 0 spiro atoms. The maximum Gasteiger partial charge on any atom is 0.221 e. The quantitative estimate of drug-likeness (QED) is 0.705. The van der Waals surface area contributed by atoms with Crippen LogP contribution >= 0.6 is 12.4 Å². The SMILES string of the molecule is CCS(=O)(=O)CC(C)NC(=O)CC1COCCN1.Cl. The van der Waals surface area contributed by atoms with Crippen LogP contribution in [-0.2, 0) is 19.4 Å². The zero-order valence-electron chi connectivity index (χ0n) is 11.3. The van der Waals surface area contributed by atoms with E-state index < -0.39 is 9.84 Å². The Hall–Kier alpha value is -0.370. The number of carbonyl (C=O) groups is 1. The summed E-state index contributed by atoms with van der Waals surface area (Å²) < 4.78 is 28.0. The van der Waals surface area contributed by atoms with Crippen LogP contribution in [0.5, 0.6) is 0 Å². The Balaban J connectivity index is 0.00000324. The summed E-state index contributed by atoms with van der Waals surface area (Å²) in [6.45, 7) is 5.25. The molecule has 2 N–H and O–H groups in total. The molecule has 2 unspecified atom stereocenters. The normalized spacial score (nSPS) is 21.3. The van der Waals surface area contributed by atoms with Gasteiger partial charge in [-0.2, -0.15) is 0 Å². The fraction of sp³-hybridized carbons (Fsp3) is 0.909. The minimum absolute atomic E-state index is 0. The van der Waals surface area contributed by atoms with Crippen LogP contribution in [0.2, 0.25) is 0 Å². The molecular formula is C11H23ClN2O4S. The number of rotatable bonds is 6. The van der Waals surface area contributed by atoms with Gasteiger partial charge in [0.2, 0.25) is 5.91 Å². The highest BCUT2D eigenvalue weighted by Crippen LogP contribution is 2.00. The van der Waals surface area contributed by atoms with Crippen molar-refractivity contribution in [1.29, 1.82) is 0 Å². The highest BCUT2D eigenvalue weighted by atomic mass is 35.5. The number of nitrogens with one attached hydrogen (secondary N) is 2. The average molecular weight is 315 g/mol. The van der Waals surface area contributed by atoms with Crippen molar-refractivity contribution in [1.82, 2.24) is 10.6 Å². The van der Waals surface area contributed by atoms with Crippen LogP contribution in [0.1, 0.15) is 20.3 Å². The number of hydrogen-bond acceptors (Lipinski definition) is 5. The lowest BCUT2D eigenvalue weighted by atomic mass is 10.2. The van der Waals surface area contributed by atoms with Crippen molar-refractivity contribution >= 4 is 28.2 Å². The second-order valence-electron chi connectivity index (χ2n) is 4.60. The van der Waals surface area contributed by atoms with E-state index in [0.717, 1.165) is 6.54 Å². The highest BCUT2D eigenvalue weighted by Gasteiger charge is 2.19. The molecule has 114 valence electrons. The van der Waals surface area contributed by atoms with Crippen LogP contribution < -0.4 is 10.6 Å². The number of carbonyl (C=O) groups excluding carboxylic acids is 1. The fourth-order valence-corrected chi connectivity index (χ4v) is 2.93. The molecule has 1 aliphatic rings. The molecule has 1 fully saturated rings. The van der Waals surface area contributed by atoms with Crippen molar-refractivity contribution in [2.45, 2.75) is 32.4 Å². The number of hydrogen-bond donors (Lipinski definition) is 2. The molecule has 0 aliphatic carbocycles. The number of amides is 1. The van der Waals surface area contributed by atoms with Gasteiger partial charge in [-0.25, -0.2) is 8.42 Å². The molecule has 1 saturated heterocycles. The number of ether oxygens (including phenoxy) is 1. The Bertz CT molecular complexity index is 369. The third-order valence-electron chi connectivity index (χ3n) is 2.78. The number of halogens is 1. The Morgan fingerprint density at radius 3 is 2.74 bits per heavy atom. The molecule has 0 aromatic carbocycles. The van der Waals surface area contributed by atoms with E-state index in [1.807, 2.05) is 0 Å². The molecule has 1 aliphatic heterocycles. The molecule has 0 bridgehead atoms. The van der Waals surface area contributed by atoms with Crippen LogP contribution in [0.25, 0.3) is 0 Å². The van der Waals surface area contributed by atoms with E-state index in [1.165, 1.54) is 0 Å². The van der Waals surface area contributed by atoms with E-state index in [4.69, 9.17) is 4.74 Å². The zero-order chi connectivity index (χ0) is 13.6. The molecule has 8 heteroatoms. The van der Waals surface area contributed by atoms with Crippen LogP contribution in [0.4, 0.5) is 0 Å². The van der Waals surface area contributed by atoms with Crippen molar-refractivity contribution in [3.05, 3.63) is 0 Å². The molecule has 0 aromatic heterocycles. The van der Waals surface area contributed by atoms with E-state index in [2.05, 4.69) is 10.6 Å². The van der Waals surface area contributed by atoms with Gasteiger partial charge in [0, 0.05) is 30.8 Å². The summed E-state index contributed by atoms with van der Waals surface area (Å²) in [5.41, 5.74) is 0. The smallest absolute Gasteiger partial charge is 0.221 e. The number of sulfone groups is 1. The topological polar surface area (TPSA) is 84.5 Å². The van der Waals surface area contributed by atoms with Crippen molar-refractivity contribution in [2.24, 2.45) is 0 Å². The molecule has 6 nitrogen and oxygen atoms in total. The van der Waals surface area contributed by atoms with Gasteiger partial charge in [-0.3, -0.25) is 4.79 Å². The van der Waals surface area contributed by atoms with Crippen LogP contribution in [0, 0.1) is 0 Å². The number of morpholine rings is 1. The van der Waals surface area contributed by atoms with Crippen molar-refractivity contribution < 1.29 is 17.9 Å². The first kappa shape index (κ1) is 18.6. The Labute approximate surface area is 121 Å². The predicted molar refractivity (Wildman–Crippen MR) is 76.4 cm³/mol. The Morgan fingerprint density at radius 2 is 2.21 bits per heavy atom. The highest BCUT2D eigenvalue weighted by molar-refractivity contribution is 7.91. The molecule has 0 radical (unpaired) electrons. The first-order valence-electron chi connectivity index (χ1n) is 6.24. The molecule has 1 amide bonds. The van der Waals surface area contributed by atoms with Gasteiger partial charge in [0.25, 0.3) is 0 Å². The van der Waals surface area contributed by atoms with Gasteiger partial charge in [0.1, 0.15) is 0 Å². The molecule has 1 rings (SSSR count). The van der Waals surface area contributed by atoms with E-state index >= 15 is 0 Å². The standard InChI is InChI=1S/C11H22N2O4S.ClH/c1-3-18(15,16)8-9(2)13-11(14)6-10-7-17-5-4-12-10;/h9-10,12H,3-8H2,1-2H3,(H,13,14);1H. The summed E-state index contributed by atoms with van der Waals surface area (Å²) in [5.74, 6) is -0.0495. The second kappa shape index (κ2) is 8.73. The molecule has 1 heterocycles. The molecular weight excluding hydrogens is 292 g/mol. The van der Waals surface area contributed by atoms with E-state index in [-0.39, 0.29) is 41.9 Å². The molecule has 19 heavy (non-hydrogen) atoms. The van der Waals surface area contributed by atoms with Gasteiger partial charge < -0.3 is 15.4 Å². The van der Waals surface area contributed by atoms with Gasteiger partial charge in [-0.15, -0.1) is 12.4 Å². The first-order chi connectivity index (χ1) is 8.43. The lowest BCUT2D eigenvalue weighted by Crippen LogP contribution is -2.46. The van der Waals surface area contributed by atoms with Gasteiger partial charge in [0.15, 0.2) is 9.84 Å². The summed E-state index contributed by atoms with van der Waals surface area (Å²) in [7, 11) is -3.05. The summed E-state index contributed by atoms with van der Waals surface area (Å²) >= 11 is 0. The predicted octanol–water partition coefficient (Wildman–Crippen LogP) is -0.274. The second-order valence-corrected chi connectivity index (χ2v) is 7.00. The minimum Gasteiger partial charge on any atom is -0.378 e. The van der Waals surface area contributed by atoms with Crippen molar-refractivity contribution in [3.8, 4) is 0 Å². The van der Waals surface area contributed by atoms with Crippen molar-refractivity contribution in [3.63, 3.8) is 0 Å². The van der Waals surface area contributed by atoms with E-state index in [1.54, 1.807) is 13.8 Å². The van der Waals surface area contributed by atoms with Crippen LogP contribution in [0.15, 0.2) is 0 Å². The monoisotopic (exact) mass is 314 g/mol. The summed E-state index contributed by atoms with van der Waals surface area (Å²) in [6, 6.07) is -0.333. The third kappa shape index (κ3) is 7.71. The summed E-state index contributed by atoms with van der Waals surface area (Å²) in [6.07, 6.45) is 0.316. The van der Waals surface area contributed by atoms with Gasteiger partial charge in [-0.1, -0.05) is 6.92 Å².